The van der Waals surface area contributed by atoms with E-state index >= 15 is 0 Å². The molecule has 0 bridgehead atoms. The van der Waals surface area contributed by atoms with Gasteiger partial charge in [0, 0.05) is 31.9 Å². The Bertz CT molecular complexity index is 1190. The van der Waals surface area contributed by atoms with E-state index in [4.69, 9.17) is 4.74 Å². The molecule has 1 fully saturated rings. The van der Waals surface area contributed by atoms with E-state index in [0.717, 1.165) is 23.0 Å². The quantitative estimate of drug-likeness (QED) is 0.648. The fourth-order valence-corrected chi connectivity index (χ4v) is 3.50. The third-order valence-electron chi connectivity index (χ3n) is 5.18. The summed E-state index contributed by atoms with van der Waals surface area (Å²) in [5, 5.41) is 0.193. The van der Waals surface area contributed by atoms with Gasteiger partial charge in [-0.1, -0.05) is 0 Å². The molecule has 150 valence electrons. The summed E-state index contributed by atoms with van der Waals surface area (Å²) >= 11 is 0. The Balaban J connectivity index is 1.76. The van der Waals surface area contributed by atoms with Crippen molar-refractivity contribution in [1.29, 1.82) is 0 Å². The summed E-state index contributed by atoms with van der Waals surface area (Å²) in [6, 6.07) is 7.16. The van der Waals surface area contributed by atoms with Crippen molar-refractivity contribution in [1.82, 2.24) is 24.0 Å². The van der Waals surface area contributed by atoms with Gasteiger partial charge in [-0.3, -0.25) is 18.7 Å². The molecule has 0 radical (unpaired) electrons. The molecule has 9 heteroatoms. The molecule has 4 rings (SSSR count). The minimum atomic E-state index is -0.575. The van der Waals surface area contributed by atoms with E-state index in [1.807, 2.05) is 0 Å². The lowest BCUT2D eigenvalue weighted by atomic mass is 10.2. The van der Waals surface area contributed by atoms with Gasteiger partial charge in [0.2, 0.25) is 5.91 Å². The van der Waals surface area contributed by atoms with Crippen molar-refractivity contribution in [3.8, 4) is 17.1 Å². The monoisotopic (exact) mass is 395 g/mol. The predicted octanol–water partition coefficient (Wildman–Crippen LogP) is 0.788. The Kier molecular flexibility index (Phi) is 4.87. The van der Waals surface area contributed by atoms with Gasteiger partial charge in [0.1, 0.15) is 17.7 Å². The number of likely N-dealkylation sites (tertiary alicyclic amines) is 1. The van der Waals surface area contributed by atoms with Crippen LogP contribution in [0.3, 0.4) is 0 Å². The highest BCUT2D eigenvalue weighted by molar-refractivity contribution is 5.78. The van der Waals surface area contributed by atoms with Gasteiger partial charge in [-0.25, -0.2) is 14.8 Å². The minimum Gasteiger partial charge on any atom is -0.497 e. The van der Waals surface area contributed by atoms with E-state index in [1.54, 1.807) is 36.3 Å². The molecule has 2 aromatic heterocycles. The number of hydrogen-bond acceptors (Lipinski definition) is 6. The maximum absolute atomic E-state index is 12.9. The fourth-order valence-electron chi connectivity index (χ4n) is 3.50. The smallest absolute Gasteiger partial charge is 0.332 e. The molecule has 0 unspecified atom stereocenters. The molecule has 3 heterocycles. The maximum Gasteiger partial charge on any atom is 0.332 e. The largest absolute Gasteiger partial charge is 0.497 e. The lowest BCUT2D eigenvalue weighted by Gasteiger charge is -2.16. The van der Waals surface area contributed by atoms with E-state index in [0.29, 0.717) is 24.7 Å². The first-order valence-electron chi connectivity index (χ1n) is 9.38. The van der Waals surface area contributed by atoms with Crippen LogP contribution in [0.25, 0.3) is 22.4 Å². The van der Waals surface area contributed by atoms with E-state index in [2.05, 4.69) is 9.97 Å². The second kappa shape index (κ2) is 7.50. The molecule has 1 aliphatic heterocycles. The normalized spacial score (nSPS) is 13.8. The number of hydrogen-bond donors (Lipinski definition) is 0. The van der Waals surface area contributed by atoms with Crippen LogP contribution in [0.15, 0.2) is 40.1 Å². The lowest BCUT2D eigenvalue weighted by molar-refractivity contribution is -0.130. The van der Waals surface area contributed by atoms with E-state index in [1.165, 1.54) is 17.8 Å². The van der Waals surface area contributed by atoms with Crippen LogP contribution in [0.5, 0.6) is 5.75 Å². The number of ether oxygens (including phenoxy) is 1. The van der Waals surface area contributed by atoms with E-state index in [-0.39, 0.29) is 23.5 Å². The Labute approximate surface area is 166 Å². The summed E-state index contributed by atoms with van der Waals surface area (Å²) in [7, 11) is 3.11. The van der Waals surface area contributed by atoms with Crippen molar-refractivity contribution in [2.45, 2.75) is 19.4 Å². The second-order valence-electron chi connectivity index (χ2n) is 6.98. The van der Waals surface area contributed by atoms with Crippen LogP contribution in [-0.2, 0) is 18.4 Å². The van der Waals surface area contributed by atoms with Crippen molar-refractivity contribution in [3.63, 3.8) is 0 Å². The number of amides is 1. The van der Waals surface area contributed by atoms with Gasteiger partial charge in [-0.15, -0.1) is 0 Å². The molecule has 1 saturated heterocycles. The first-order chi connectivity index (χ1) is 14.0. The van der Waals surface area contributed by atoms with Gasteiger partial charge in [0.05, 0.1) is 7.11 Å². The van der Waals surface area contributed by atoms with Gasteiger partial charge >= 0.3 is 5.69 Å². The molecular formula is C20H21N5O4. The number of benzene rings is 1. The molecule has 0 spiro atoms. The maximum atomic E-state index is 12.9. The summed E-state index contributed by atoms with van der Waals surface area (Å²) in [6.07, 6.45) is 3.29. The van der Waals surface area contributed by atoms with Crippen molar-refractivity contribution in [3.05, 3.63) is 51.3 Å². The molecule has 29 heavy (non-hydrogen) atoms. The standard InChI is InChI=1S/C20H21N5O4/c1-23-18-15(11-21-17(22-18)13-5-7-14(29-2)8-6-13)19(27)25(20(23)28)12-16(26)24-9-3-4-10-24/h5-8,11H,3-4,9-10,12H2,1-2H3. The second-order valence-corrected chi connectivity index (χ2v) is 6.98. The first-order valence-corrected chi connectivity index (χ1v) is 9.38. The fraction of sp³-hybridized carbons (Fsp3) is 0.350. The van der Waals surface area contributed by atoms with Gasteiger partial charge in [-0.05, 0) is 37.1 Å². The Morgan fingerprint density at radius 2 is 1.83 bits per heavy atom. The number of aromatic nitrogens is 4. The van der Waals surface area contributed by atoms with Crippen LogP contribution in [-0.4, -0.2) is 50.1 Å². The average Bonchev–Trinajstić information content (AvgIpc) is 3.30. The summed E-state index contributed by atoms with van der Waals surface area (Å²) < 4.78 is 7.38. The topological polar surface area (TPSA) is 99.3 Å². The summed E-state index contributed by atoms with van der Waals surface area (Å²) in [6.45, 7) is 1.05. The molecule has 0 saturated carbocycles. The van der Waals surface area contributed by atoms with Crippen LogP contribution in [0.4, 0.5) is 0 Å². The molecule has 1 aromatic carbocycles. The first kappa shape index (κ1) is 18.9. The predicted molar refractivity (Wildman–Crippen MR) is 107 cm³/mol. The van der Waals surface area contributed by atoms with Gasteiger partial charge in [0.15, 0.2) is 11.5 Å². The van der Waals surface area contributed by atoms with Crippen LogP contribution < -0.4 is 16.0 Å². The zero-order valence-electron chi connectivity index (χ0n) is 16.3. The van der Waals surface area contributed by atoms with Crippen LogP contribution in [0, 0.1) is 0 Å². The highest BCUT2D eigenvalue weighted by Crippen LogP contribution is 2.20. The minimum absolute atomic E-state index is 0.193. The third kappa shape index (κ3) is 3.39. The van der Waals surface area contributed by atoms with Crippen molar-refractivity contribution in [2.75, 3.05) is 20.2 Å². The number of aryl methyl sites for hydroxylation is 1. The number of rotatable bonds is 4. The molecule has 0 N–H and O–H groups in total. The highest BCUT2D eigenvalue weighted by atomic mass is 16.5. The summed E-state index contributed by atoms with van der Waals surface area (Å²) in [5.74, 6) is 0.866. The lowest BCUT2D eigenvalue weighted by Crippen LogP contribution is -2.44. The number of fused-ring (bicyclic) bond motifs is 1. The Morgan fingerprint density at radius 1 is 1.14 bits per heavy atom. The highest BCUT2D eigenvalue weighted by Gasteiger charge is 2.21. The molecule has 3 aromatic rings. The molecule has 9 nitrogen and oxygen atoms in total. The summed E-state index contributed by atoms with van der Waals surface area (Å²) in [5.41, 5.74) is -0.175. The SMILES string of the molecule is COc1ccc(-c2ncc3c(=O)n(CC(=O)N4CCCC4)c(=O)n(C)c3n2)cc1. The third-order valence-corrected chi connectivity index (χ3v) is 5.18. The number of carbonyl (C=O) groups excluding carboxylic acids is 1. The van der Waals surface area contributed by atoms with Gasteiger partial charge in [0.25, 0.3) is 5.56 Å². The molecular weight excluding hydrogens is 374 g/mol. The zero-order chi connectivity index (χ0) is 20.5. The molecule has 1 aliphatic rings. The zero-order valence-corrected chi connectivity index (χ0v) is 16.3. The Morgan fingerprint density at radius 3 is 2.48 bits per heavy atom. The van der Waals surface area contributed by atoms with Crippen LogP contribution in [0.2, 0.25) is 0 Å². The van der Waals surface area contributed by atoms with Crippen molar-refractivity contribution < 1.29 is 9.53 Å². The molecule has 0 atom stereocenters. The number of nitrogens with zero attached hydrogens (tertiary/aromatic N) is 5. The number of carbonyl (C=O) groups is 1. The molecule has 0 aliphatic carbocycles. The summed E-state index contributed by atoms with van der Waals surface area (Å²) in [4.78, 5) is 48.5. The Hall–Kier alpha value is -3.49. The van der Waals surface area contributed by atoms with Crippen LogP contribution in [0.1, 0.15) is 12.8 Å². The van der Waals surface area contributed by atoms with Crippen molar-refractivity contribution >= 4 is 16.9 Å². The van der Waals surface area contributed by atoms with E-state index in [9.17, 15) is 14.4 Å². The van der Waals surface area contributed by atoms with E-state index < -0.39 is 11.2 Å². The molecule has 1 amide bonds. The van der Waals surface area contributed by atoms with Crippen molar-refractivity contribution in [2.24, 2.45) is 7.05 Å². The van der Waals surface area contributed by atoms with Gasteiger partial charge < -0.3 is 9.64 Å². The number of methoxy groups -OCH3 is 1. The van der Waals surface area contributed by atoms with Gasteiger partial charge in [-0.2, -0.15) is 0 Å². The van der Waals surface area contributed by atoms with Crippen LogP contribution >= 0.6 is 0 Å². The average molecular weight is 395 g/mol.